The number of esters is 1. The Morgan fingerprint density at radius 3 is 2.46 bits per heavy atom. The number of rotatable bonds is 5. The molecular weight excluding hydrogens is 358 g/mol. The van der Waals surface area contributed by atoms with Gasteiger partial charge in [0.1, 0.15) is 12.2 Å². The molecule has 150 valence electrons. The summed E-state index contributed by atoms with van der Waals surface area (Å²) in [5.74, 6) is -0.321. The fraction of sp³-hybridized carbons (Fsp3) is 0.476. The fourth-order valence-electron chi connectivity index (χ4n) is 3.68. The van der Waals surface area contributed by atoms with E-state index in [4.69, 9.17) is 14.5 Å². The number of aryl methyl sites for hydroxylation is 1. The molecule has 2 heterocycles. The zero-order valence-corrected chi connectivity index (χ0v) is 16.8. The number of nitrogens with zero attached hydrogens (tertiary/aromatic N) is 2. The van der Waals surface area contributed by atoms with E-state index in [0.717, 1.165) is 35.2 Å². The molecule has 0 aliphatic carbocycles. The Bertz CT molecular complexity index is 860. The average Bonchev–Trinajstić information content (AvgIpc) is 2.69. The lowest BCUT2D eigenvalue weighted by Gasteiger charge is -2.31. The number of pyridine rings is 1. The van der Waals surface area contributed by atoms with E-state index in [1.165, 1.54) is 4.90 Å². The first-order chi connectivity index (χ1) is 13.5. The molecule has 1 amide bonds. The normalized spacial score (nSPS) is 14.9. The van der Waals surface area contributed by atoms with Gasteiger partial charge in [0, 0.05) is 5.39 Å². The smallest absolute Gasteiger partial charge is 0.410 e. The van der Waals surface area contributed by atoms with E-state index in [-0.39, 0.29) is 12.1 Å². The number of carbonyl (C=O) groups excluding carboxylic acids is 2. The van der Waals surface area contributed by atoms with Gasteiger partial charge in [-0.25, -0.2) is 14.6 Å². The van der Waals surface area contributed by atoms with E-state index in [9.17, 15) is 9.59 Å². The fourth-order valence-corrected chi connectivity index (χ4v) is 3.68. The number of hydrogen-bond acceptors (Lipinski definition) is 5. The molecule has 2 aromatic rings. The molecule has 1 aromatic heterocycles. The quantitative estimate of drug-likeness (QED) is 0.790. The van der Waals surface area contributed by atoms with Crippen LogP contribution in [0.1, 0.15) is 35.5 Å². The second kappa shape index (κ2) is 9.01. The summed E-state index contributed by atoms with van der Waals surface area (Å²) >= 11 is 0. The average molecular weight is 386 g/mol. The van der Waals surface area contributed by atoms with Crippen LogP contribution in [0.25, 0.3) is 10.9 Å². The number of nitrogens with one attached hydrogen (secondary N) is 1. The summed E-state index contributed by atoms with van der Waals surface area (Å²) in [6, 6.07) is 7.85. The molecule has 0 saturated carbocycles. The minimum absolute atomic E-state index is 0.256. The van der Waals surface area contributed by atoms with Crippen molar-refractivity contribution < 1.29 is 24.0 Å². The van der Waals surface area contributed by atoms with Gasteiger partial charge in [-0.05, 0) is 32.4 Å². The SMILES string of the molecule is CCOC(=O)c1c(C[NH+]2CCN(C(=O)OCC)CC2)nc2ccccc2c1C. The summed E-state index contributed by atoms with van der Waals surface area (Å²) in [4.78, 5) is 32.3. The highest BCUT2D eigenvalue weighted by Crippen LogP contribution is 2.23. The molecule has 0 radical (unpaired) electrons. The van der Waals surface area contributed by atoms with Crippen molar-refractivity contribution in [3.63, 3.8) is 0 Å². The number of amides is 1. The lowest BCUT2D eigenvalue weighted by molar-refractivity contribution is -0.918. The van der Waals surface area contributed by atoms with E-state index < -0.39 is 0 Å². The summed E-state index contributed by atoms with van der Waals surface area (Å²) in [6.45, 7) is 9.74. The van der Waals surface area contributed by atoms with Crippen molar-refractivity contribution in [3.05, 3.63) is 41.1 Å². The zero-order chi connectivity index (χ0) is 20.1. The molecule has 1 aromatic carbocycles. The molecule has 1 fully saturated rings. The maximum absolute atomic E-state index is 12.6. The summed E-state index contributed by atoms with van der Waals surface area (Å²) in [6.07, 6.45) is -0.256. The van der Waals surface area contributed by atoms with Crippen LogP contribution in [0.15, 0.2) is 24.3 Å². The second-order valence-electron chi connectivity index (χ2n) is 6.91. The van der Waals surface area contributed by atoms with Crippen LogP contribution in [-0.2, 0) is 16.0 Å². The van der Waals surface area contributed by atoms with Crippen molar-refractivity contribution in [3.8, 4) is 0 Å². The van der Waals surface area contributed by atoms with E-state index in [1.807, 2.05) is 38.1 Å². The Balaban J connectivity index is 1.83. The Morgan fingerprint density at radius 2 is 1.79 bits per heavy atom. The highest BCUT2D eigenvalue weighted by Gasteiger charge is 2.28. The van der Waals surface area contributed by atoms with E-state index in [2.05, 4.69) is 0 Å². The number of carbonyl (C=O) groups is 2. The highest BCUT2D eigenvalue weighted by atomic mass is 16.6. The molecule has 0 atom stereocenters. The van der Waals surface area contributed by atoms with Crippen molar-refractivity contribution >= 4 is 23.0 Å². The number of benzene rings is 1. The van der Waals surface area contributed by atoms with Gasteiger partial charge in [-0.1, -0.05) is 18.2 Å². The number of para-hydroxylation sites is 1. The Morgan fingerprint density at radius 1 is 1.11 bits per heavy atom. The molecule has 1 N–H and O–H groups in total. The third kappa shape index (κ3) is 4.25. The molecule has 0 spiro atoms. The minimum atomic E-state index is -0.321. The van der Waals surface area contributed by atoms with Crippen LogP contribution in [0, 0.1) is 6.92 Å². The molecule has 7 heteroatoms. The molecular formula is C21H28N3O4+. The molecule has 0 unspecified atom stereocenters. The summed E-state index contributed by atoms with van der Waals surface area (Å²) < 4.78 is 10.4. The predicted molar refractivity (Wildman–Crippen MR) is 105 cm³/mol. The van der Waals surface area contributed by atoms with E-state index in [0.29, 0.717) is 38.4 Å². The van der Waals surface area contributed by atoms with Gasteiger partial charge < -0.3 is 14.4 Å². The largest absolute Gasteiger partial charge is 0.462 e. The zero-order valence-electron chi connectivity index (χ0n) is 16.8. The number of quaternary nitrogens is 1. The van der Waals surface area contributed by atoms with E-state index in [1.54, 1.807) is 11.8 Å². The van der Waals surface area contributed by atoms with Gasteiger partial charge in [0.25, 0.3) is 0 Å². The molecule has 28 heavy (non-hydrogen) atoms. The van der Waals surface area contributed by atoms with Crippen molar-refractivity contribution in [2.24, 2.45) is 0 Å². The summed E-state index contributed by atoms with van der Waals surface area (Å²) in [5.41, 5.74) is 3.12. The molecule has 3 rings (SSSR count). The van der Waals surface area contributed by atoms with E-state index >= 15 is 0 Å². The number of hydrogen-bond donors (Lipinski definition) is 1. The van der Waals surface area contributed by atoms with Crippen molar-refractivity contribution in [2.45, 2.75) is 27.3 Å². The van der Waals surface area contributed by atoms with Crippen LogP contribution in [0.4, 0.5) is 4.79 Å². The predicted octanol–water partition coefficient (Wildman–Crippen LogP) is 1.58. The number of fused-ring (bicyclic) bond motifs is 1. The van der Waals surface area contributed by atoms with Crippen LogP contribution < -0.4 is 4.90 Å². The maximum atomic E-state index is 12.6. The Labute approximate surface area is 165 Å². The Kier molecular flexibility index (Phi) is 6.46. The Hall–Kier alpha value is -2.67. The van der Waals surface area contributed by atoms with Gasteiger partial charge in [0.2, 0.25) is 0 Å². The summed E-state index contributed by atoms with van der Waals surface area (Å²) in [7, 11) is 0. The first-order valence-electron chi connectivity index (χ1n) is 9.85. The van der Waals surface area contributed by atoms with Gasteiger partial charge in [0.05, 0.1) is 50.5 Å². The standard InChI is InChI=1S/C21H27N3O4/c1-4-27-20(25)19-15(3)16-8-6-7-9-17(16)22-18(19)14-23-10-12-24(13-11-23)21(26)28-5-2/h6-9H,4-5,10-14H2,1-3H3/p+1. The molecule has 1 saturated heterocycles. The van der Waals surface area contributed by atoms with Gasteiger partial charge >= 0.3 is 12.1 Å². The van der Waals surface area contributed by atoms with Crippen molar-refractivity contribution in [1.82, 2.24) is 9.88 Å². The third-order valence-corrected chi connectivity index (χ3v) is 5.12. The number of ether oxygens (including phenoxy) is 2. The minimum Gasteiger partial charge on any atom is -0.462 e. The first-order valence-corrected chi connectivity index (χ1v) is 9.85. The lowest BCUT2D eigenvalue weighted by Crippen LogP contribution is -3.13. The van der Waals surface area contributed by atoms with Gasteiger partial charge in [0.15, 0.2) is 0 Å². The monoisotopic (exact) mass is 386 g/mol. The highest BCUT2D eigenvalue weighted by molar-refractivity contribution is 5.98. The third-order valence-electron chi connectivity index (χ3n) is 5.12. The second-order valence-corrected chi connectivity index (χ2v) is 6.91. The van der Waals surface area contributed by atoms with Crippen LogP contribution in [0.3, 0.4) is 0 Å². The molecule has 1 aliphatic rings. The van der Waals surface area contributed by atoms with Crippen LogP contribution in [0.5, 0.6) is 0 Å². The lowest BCUT2D eigenvalue weighted by atomic mass is 10.0. The van der Waals surface area contributed by atoms with Crippen LogP contribution >= 0.6 is 0 Å². The molecule has 0 bridgehead atoms. The van der Waals surface area contributed by atoms with Crippen LogP contribution in [-0.4, -0.2) is 61.3 Å². The maximum Gasteiger partial charge on any atom is 0.410 e. The molecule has 1 aliphatic heterocycles. The number of aromatic nitrogens is 1. The summed E-state index contributed by atoms with van der Waals surface area (Å²) in [5, 5.41) is 0.969. The van der Waals surface area contributed by atoms with Crippen molar-refractivity contribution in [2.75, 3.05) is 39.4 Å². The van der Waals surface area contributed by atoms with Crippen LogP contribution in [0.2, 0.25) is 0 Å². The van der Waals surface area contributed by atoms with Gasteiger partial charge in [-0.15, -0.1) is 0 Å². The van der Waals surface area contributed by atoms with Gasteiger partial charge in [-0.2, -0.15) is 0 Å². The first kappa shape index (κ1) is 20.1. The van der Waals surface area contributed by atoms with Crippen molar-refractivity contribution in [1.29, 1.82) is 0 Å². The number of piperazine rings is 1. The van der Waals surface area contributed by atoms with Gasteiger partial charge in [-0.3, -0.25) is 4.90 Å². The topological polar surface area (TPSA) is 73.2 Å². The molecule has 7 nitrogen and oxygen atoms in total.